The van der Waals surface area contributed by atoms with E-state index in [1.807, 2.05) is 4.90 Å². The van der Waals surface area contributed by atoms with Crippen molar-refractivity contribution in [1.82, 2.24) is 25.5 Å². The Bertz CT molecular complexity index is 918. The second-order valence-electron chi connectivity index (χ2n) is 7.57. The molecule has 10 nitrogen and oxygen atoms in total. The van der Waals surface area contributed by atoms with Crippen molar-refractivity contribution in [2.24, 2.45) is 0 Å². The average molecular weight is 434 g/mol. The fourth-order valence-electron chi connectivity index (χ4n) is 3.93. The highest BCUT2D eigenvalue weighted by molar-refractivity contribution is 6.33. The highest BCUT2D eigenvalue weighted by Crippen LogP contribution is 2.26. The smallest absolute Gasteiger partial charge is 0.407 e. The van der Waals surface area contributed by atoms with E-state index in [4.69, 9.17) is 16.3 Å². The topological polar surface area (TPSA) is 125 Å². The van der Waals surface area contributed by atoms with Gasteiger partial charge in [0, 0.05) is 37.4 Å². The number of aromatic amines is 1. The van der Waals surface area contributed by atoms with E-state index in [-0.39, 0.29) is 17.2 Å². The number of amides is 1. The molecule has 1 amide bonds. The standard InChI is InChI=1S/C19H24ClN7O3/c20-16-15(10-23-26-17(16)28)27-9-6-14(11-27)30-19(29)25-13-4-2-12(3-5-13)24-18-21-7-1-8-22-18/h1,7-8,10,12-14H,2-6,9,11H2,(H,25,29)(H,26,28)(H,21,22,24)/t12-,13+,14-/m1/s1. The lowest BCUT2D eigenvalue weighted by molar-refractivity contribution is 0.103. The third-order valence-corrected chi connectivity index (χ3v) is 5.85. The van der Waals surface area contributed by atoms with Gasteiger partial charge in [-0.15, -0.1) is 0 Å². The Hall–Kier alpha value is -2.88. The van der Waals surface area contributed by atoms with Crippen LogP contribution in [-0.4, -0.2) is 57.5 Å². The molecule has 1 aliphatic carbocycles. The molecule has 4 rings (SSSR count). The number of alkyl carbamates (subject to hydrolysis) is 1. The highest BCUT2D eigenvalue weighted by Gasteiger charge is 2.29. The molecule has 30 heavy (non-hydrogen) atoms. The number of halogens is 1. The molecular formula is C19H24ClN7O3. The lowest BCUT2D eigenvalue weighted by Crippen LogP contribution is -2.42. The molecule has 3 N–H and O–H groups in total. The molecule has 0 radical (unpaired) electrons. The zero-order valence-electron chi connectivity index (χ0n) is 16.4. The zero-order valence-corrected chi connectivity index (χ0v) is 17.1. The molecule has 2 aromatic heterocycles. The van der Waals surface area contributed by atoms with Crippen LogP contribution in [-0.2, 0) is 4.74 Å². The van der Waals surface area contributed by atoms with Gasteiger partial charge in [0.2, 0.25) is 5.95 Å². The van der Waals surface area contributed by atoms with Gasteiger partial charge in [-0.3, -0.25) is 4.79 Å². The van der Waals surface area contributed by atoms with E-state index in [2.05, 4.69) is 30.8 Å². The number of H-pyrrole nitrogens is 1. The summed E-state index contributed by atoms with van der Waals surface area (Å²) in [4.78, 5) is 34.2. The summed E-state index contributed by atoms with van der Waals surface area (Å²) < 4.78 is 5.58. The molecule has 1 atom stereocenters. The molecule has 2 fully saturated rings. The molecule has 2 aromatic rings. The van der Waals surface area contributed by atoms with Crippen molar-refractivity contribution < 1.29 is 9.53 Å². The lowest BCUT2D eigenvalue weighted by atomic mass is 9.91. The minimum absolute atomic E-state index is 0.0936. The van der Waals surface area contributed by atoms with Crippen molar-refractivity contribution in [2.45, 2.75) is 50.3 Å². The lowest BCUT2D eigenvalue weighted by Gasteiger charge is -2.29. The predicted octanol–water partition coefficient (Wildman–Crippen LogP) is 1.94. The van der Waals surface area contributed by atoms with E-state index in [0.29, 0.717) is 37.2 Å². The normalized spacial score (nSPS) is 23.8. The van der Waals surface area contributed by atoms with Crippen LogP contribution in [0, 0.1) is 0 Å². The zero-order chi connectivity index (χ0) is 20.9. The number of nitrogens with zero attached hydrogens (tertiary/aromatic N) is 4. The van der Waals surface area contributed by atoms with Crippen LogP contribution in [0.15, 0.2) is 29.5 Å². The van der Waals surface area contributed by atoms with Crippen molar-refractivity contribution in [3.63, 3.8) is 0 Å². The van der Waals surface area contributed by atoms with Crippen LogP contribution in [0.3, 0.4) is 0 Å². The summed E-state index contributed by atoms with van der Waals surface area (Å²) in [7, 11) is 0. The number of aromatic nitrogens is 4. The van der Waals surface area contributed by atoms with E-state index >= 15 is 0 Å². The first-order valence-electron chi connectivity index (χ1n) is 10.1. The molecule has 0 spiro atoms. The Balaban J connectivity index is 1.20. The molecule has 11 heteroatoms. The molecule has 0 bridgehead atoms. The molecule has 160 valence electrons. The van der Waals surface area contributed by atoms with Crippen LogP contribution in [0.2, 0.25) is 5.02 Å². The SMILES string of the molecule is O=C(N[C@H]1CC[C@@H](Nc2ncccn2)CC1)O[C@@H]1CCN(c2cn[nH]c(=O)c2Cl)C1. The Morgan fingerprint density at radius 3 is 2.67 bits per heavy atom. The third kappa shape index (κ3) is 4.99. The predicted molar refractivity (Wildman–Crippen MR) is 112 cm³/mol. The minimum atomic E-state index is -0.430. The van der Waals surface area contributed by atoms with E-state index < -0.39 is 11.7 Å². The maximum atomic E-state index is 12.3. The van der Waals surface area contributed by atoms with Gasteiger partial charge >= 0.3 is 6.09 Å². The monoisotopic (exact) mass is 433 g/mol. The van der Waals surface area contributed by atoms with Crippen LogP contribution in [0.1, 0.15) is 32.1 Å². The van der Waals surface area contributed by atoms with E-state index in [9.17, 15) is 9.59 Å². The fourth-order valence-corrected chi connectivity index (χ4v) is 4.14. The average Bonchev–Trinajstić information content (AvgIpc) is 3.20. The van der Waals surface area contributed by atoms with Crippen molar-refractivity contribution in [3.05, 3.63) is 40.0 Å². The fraction of sp³-hybridized carbons (Fsp3) is 0.526. The van der Waals surface area contributed by atoms with E-state index in [1.54, 1.807) is 18.5 Å². The number of anilines is 2. The van der Waals surface area contributed by atoms with E-state index in [0.717, 1.165) is 25.7 Å². The van der Waals surface area contributed by atoms with Crippen molar-refractivity contribution in [2.75, 3.05) is 23.3 Å². The molecule has 2 aliphatic rings. The molecular weight excluding hydrogens is 410 g/mol. The first-order valence-corrected chi connectivity index (χ1v) is 10.4. The number of rotatable bonds is 5. The number of carbonyl (C=O) groups excluding carboxylic acids is 1. The number of hydrogen-bond acceptors (Lipinski definition) is 8. The molecule has 1 saturated heterocycles. The second kappa shape index (κ2) is 9.29. The van der Waals surface area contributed by atoms with Gasteiger partial charge < -0.3 is 20.3 Å². The quantitative estimate of drug-likeness (QED) is 0.653. The van der Waals surface area contributed by atoms with Crippen LogP contribution in [0.5, 0.6) is 0 Å². The van der Waals surface area contributed by atoms with Crippen LogP contribution < -0.4 is 21.1 Å². The van der Waals surface area contributed by atoms with Gasteiger partial charge in [-0.1, -0.05) is 11.6 Å². The van der Waals surface area contributed by atoms with Crippen LogP contribution in [0.25, 0.3) is 0 Å². The molecule has 1 saturated carbocycles. The summed E-state index contributed by atoms with van der Waals surface area (Å²) in [5, 5.41) is 12.5. The van der Waals surface area contributed by atoms with Gasteiger partial charge in [0.15, 0.2) is 0 Å². The third-order valence-electron chi connectivity index (χ3n) is 5.48. The van der Waals surface area contributed by atoms with Gasteiger partial charge in [0.25, 0.3) is 5.56 Å². The Labute approximate surface area is 178 Å². The van der Waals surface area contributed by atoms with Crippen LogP contribution >= 0.6 is 11.6 Å². The second-order valence-corrected chi connectivity index (χ2v) is 7.95. The largest absolute Gasteiger partial charge is 0.444 e. The minimum Gasteiger partial charge on any atom is -0.444 e. The Morgan fingerprint density at radius 2 is 1.90 bits per heavy atom. The molecule has 0 aromatic carbocycles. The maximum Gasteiger partial charge on any atom is 0.407 e. The molecule has 3 heterocycles. The van der Waals surface area contributed by atoms with Gasteiger partial charge in [0.05, 0.1) is 18.4 Å². The van der Waals surface area contributed by atoms with Gasteiger partial charge in [-0.05, 0) is 31.7 Å². The summed E-state index contributed by atoms with van der Waals surface area (Å²) in [6.45, 7) is 1.12. The van der Waals surface area contributed by atoms with Gasteiger partial charge in [-0.2, -0.15) is 5.10 Å². The van der Waals surface area contributed by atoms with Crippen molar-refractivity contribution in [3.8, 4) is 0 Å². The summed E-state index contributed by atoms with van der Waals surface area (Å²) in [5.41, 5.74) is 0.125. The van der Waals surface area contributed by atoms with Gasteiger partial charge in [-0.25, -0.2) is 19.9 Å². The Morgan fingerprint density at radius 1 is 1.17 bits per heavy atom. The number of carbonyl (C=O) groups is 1. The van der Waals surface area contributed by atoms with E-state index in [1.165, 1.54) is 6.20 Å². The van der Waals surface area contributed by atoms with Crippen LogP contribution in [0.4, 0.5) is 16.4 Å². The molecule has 0 unspecified atom stereocenters. The molecule has 1 aliphatic heterocycles. The number of ether oxygens (including phenoxy) is 1. The van der Waals surface area contributed by atoms with Crippen molar-refractivity contribution >= 4 is 29.3 Å². The number of hydrogen-bond donors (Lipinski definition) is 3. The Kier molecular flexibility index (Phi) is 6.32. The first-order chi connectivity index (χ1) is 14.6. The number of nitrogens with one attached hydrogen (secondary N) is 3. The summed E-state index contributed by atoms with van der Waals surface area (Å²) in [6.07, 6.45) is 8.53. The summed E-state index contributed by atoms with van der Waals surface area (Å²) in [6, 6.07) is 2.18. The van der Waals surface area contributed by atoms with Gasteiger partial charge in [0.1, 0.15) is 11.1 Å². The highest BCUT2D eigenvalue weighted by atomic mass is 35.5. The first kappa shape index (κ1) is 20.4. The summed E-state index contributed by atoms with van der Waals surface area (Å²) >= 11 is 6.06. The van der Waals surface area contributed by atoms with Crippen molar-refractivity contribution in [1.29, 1.82) is 0 Å². The summed E-state index contributed by atoms with van der Waals surface area (Å²) in [5.74, 6) is 0.634. The maximum absolute atomic E-state index is 12.3.